The van der Waals surface area contributed by atoms with Crippen molar-refractivity contribution in [3.05, 3.63) is 46.8 Å². The lowest BCUT2D eigenvalue weighted by Gasteiger charge is -2.27. The van der Waals surface area contributed by atoms with Crippen molar-refractivity contribution in [3.8, 4) is 5.75 Å². The van der Waals surface area contributed by atoms with E-state index in [9.17, 15) is 9.90 Å². The second-order valence-corrected chi connectivity index (χ2v) is 7.21. The van der Waals surface area contributed by atoms with E-state index in [4.69, 9.17) is 4.74 Å². The Bertz CT molecular complexity index is 830. The van der Waals surface area contributed by atoms with Crippen LogP contribution in [0.15, 0.2) is 24.3 Å². The van der Waals surface area contributed by atoms with Gasteiger partial charge in [0.2, 0.25) is 0 Å². The van der Waals surface area contributed by atoms with E-state index in [0.717, 1.165) is 23.4 Å². The minimum Gasteiger partial charge on any atom is -0.493 e. The first-order valence-corrected chi connectivity index (χ1v) is 8.95. The van der Waals surface area contributed by atoms with Crippen molar-refractivity contribution in [1.82, 2.24) is 19.6 Å². The summed E-state index contributed by atoms with van der Waals surface area (Å²) in [6.07, 6.45) is 0.236. The molecule has 0 fully saturated rings. The fourth-order valence-corrected chi connectivity index (χ4v) is 3.57. The number of ether oxygens (including phenoxy) is 1. The van der Waals surface area contributed by atoms with Gasteiger partial charge in [-0.3, -0.25) is 9.48 Å². The van der Waals surface area contributed by atoms with Gasteiger partial charge in [0.15, 0.2) is 0 Å². The van der Waals surface area contributed by atoms with Crippen molar-refractivity contribution >= 4 is 5.91 Å². The molecule has 3 heterocycles. The van der Waals surface area contributed by atoms with E-state index in [-0.39, 0.29) is 5.91 Å². The van der Waals surface area contributed by atoms with Crippen LogP contribution in [0, 0.1) is 0 Å². The van der Waals surface area contributed by atoms with Crippen molar-refractivity contribution < 1.29 is 14.6 Å². The zero-order chi connectivity index (χ0) is 18.3. The first-order valence-electron chi connectivity index (χ1n) is 8.95. The number of rotatable bonds is 4. The minimum atomic E-state index is -0.621. The summed E-state index contributed by atoms with van der Waals surface area (Å²) in [4.78, 5) is 16.7. The summed E-state index contributed by atoms with van der Waals surface area (Å²) < 4.78 is 7.41. The number of benzene rings is 1. The molecule has 2 aliphatic rings. The fourth-order valence-electron chi connectivity index (χ4n) is 3.57. The summed E-state index contributed by atoms with van der Waals surface area (Å²) in [7, 11) is 3.84. The number of aromatic nitrogens is 2. The molecule has 0 bridgehead atoms. The van der Waals surface area contributed by atoms with Crippen LogP contribution >= 0.6 is 0 Å². The summed E-state index contributed by atoms with van der Waals surface area (Å²) in [5, 5.41) is 14.8. The van der Waals surface area contributed by atoms with Crippen LogP contribution in [0.4, 0.5) is 0 Å². The molecule has 1 amide bonds. The average molecular weight is 356 g/mol. The molecule has 0 radical (unpaired) electrons. The summed E-state index contributed by atoms with van der Waals surface area (Å²) >= 11 is 0. The Morgan fingerprint density at radius 3 is 3.00 bits per heavy atom. The maximum absolute atomic E-state index is 12.9. The number of hydrogen-bond donors (Lipinski definition) is 1. The van der Waals surface area contributed by atoms with Crippen LogP contribution in [0.3, 0.4) is 0 Å². The number of carbonyl (C=O) groups excluding carboxylic acids is 1. The Kier molecular flexibility index (Phi) is 4.42. The SMILES string of the molecule is CN(C)C[C@H](O)c1cc2n(n1)CCN(C(=O)c1ccc3c(c1)CCO3)C2. The predicted octanol–water partition coefficient (Wildman–Crippen LogP) is 1.07. The van der Waals surface area contributed by atoms with Gasteiger partial charge in [0.05, 0.1) is 31.1 Å². The molecule has 7 nitrogen and oxygen atoms in total. The number of likely N-dealkylation sites (N-methyl/N-ethyl adjacent to an activating group) is 1. The molecular weight excluding hydrogens is 332 g/mol. The highest BCUT2D eigenvalue weighted by atomic mass is 16.5. The van der Waals surface area contributed by atoms with Gasteiger partial charge in [-0.2, -0.15) is 5.10 Å². The lowest BCUT2D eigenvalue weighted by Crippen LogP contribution is -2.38. The maximum Gasteiger partial charge on any atom is 0.254 e. The van der Waals surface area contributed by atoms with Crippen LogP contribution in [0.5, 0.6) is 5.75 Å². The van der Waals surface area contributed by atoms with Crippen molar-refractivity contribution in [2.45, 2.75) is 25.6 Å². The van der Waals surface area contributed by atoms with Crippen molar-refractivity contribution in [2.24, 2.45) is 0 Å². The summed E-state index contributed by atoms with van der Waals surface area (Å²) in [6, 6.07) is 7.58. The van der Waals surface area contributed by atoms with Crippen LogP contribution in [0.1, 0.15) is 33.4 Å². The van der Waals surface area contributed by atoms with E-state index in [1.54, 1.807) is 0 Å². The number of carbonyl (C=O) groups is 1. The normalized spacial score (nSPS) is 17.0. The van der Waals surface area contributed by atoms with E-state index in [1.807, 2.05) is 52.8 Å². The quantitative estimate of drug-likeness (QED) is 0.887. The van der Waals surface area contributed by atoms with Gasteiger partial charge in [-0.25, -0.2) is 0 Å². The maximum atomic E-state index is 12.9. The molecule has 7 heteroatoms. The molecule has 1 aromatic heterocycles. The third kappa shape index (κ3) is 3.20. The van der Waals surface area contributed by atoms with Gasteiger partial charge in [-0.05, 0) is 43.9 Å². The number of aliphatic hydroxyl groups is 1. The Morgan fingerprint density at radius 2 is 2.19 bits per heavy atom. The number of amides is 1. The van der Waals surface area contributed by atoms with Crippen LogP contribution in [0.25, 0.3) is 0 Å². The molecule has 1 atom stereocenters. The van der Waals surface area contributed by atoms with E-state index >= 15 is 0 Å². The van der Waals surface area contributed by atoms with Gasteiger partial charge in [-0.1, -0.05) is 0 Å². The van der Waals surface area contributed by atoms with Crippen molar-refractivity contribution in [3.63, 3.8) is 0 Å². The molecule has 0 spiro atoms. The van der Waals surface area contributed by atoms with E-state index < -0.39 is 6.10 Å². The molecule has 1 aromatic carbocycles. The molecule has 4 rings (SSSR count). The third-order valence-electron chi connectivity index (χ3n) is 4.92. The van der Waals surface area contributed by atoms with Crippen LogP contribution in [0.2, 0.25) is 0 Å². The lowest BCUT2D eigenvalue weighted by molar-refractivity contribution is 0.0705. The first-order chi connectivity index (χ1) is 12.5. The Morgan fingerprint density at radius 1 is 1.35 bits per heavy atom. The highest BCUT2D eigenvalue weighted by Crippen LogP contribution is 2.27. The smallest absolute Gasteiger partial charge is 0.254 e. The van der Waals surface area contributed by atoms with E-state index in [1.165, 1.54) is 0 Å². The van der Waals surface area contributed by atoms with Gasteiger partial charge in [-0.15, -0.1) is 0 Å². The summed E-state index contributed by atoms with van der Waals surface area (Å²) in [5.74, 6) is 0.917. The molecule has 0 saturated heterocycles. The molecule has 0 saturated carbocycles. The Hall–Kier alpha value is -2.38. The molecular formula is C19H24N4O3. The predicted molar refractivity (Wildman–Crippen MR) is 96.1 cm³/mol. The zero-order valence-electron chi connectivity index (χ0n) is 15.2. The lowest BCUT2D eigenvalue weighted by atomic mass is 10.1. The molecule has 0 aliphatic carbocycles. The third-order valence-corrected chi connectivity index (χ3v) is 4.92. The van der Waals surface area contributed by atoms with Gasteiger partial charge in [0, 0.05) is 25.1 Å². The summed E-state index contributed by atoms with van der Waals surface area (Å²) in [6.45, 7) is 2.98. The molecule has 0 unspecified atom stereocenters. The van der Waals surface area contributed by atoms with Crippen LogP contribution in [-0.2, 0) is 19.5 Å². The Balaban J connectivity index is 1.49. The molecule has 26 heavy (non-hydrogen) atoms. The number of nitrogens with zero attached hydrogens (tertiary/aromatic N) is 4. The molecule has 2 aliphatic heterocycles. The van der Waals surface area contributed by atoms with Crippen LogP contribution < -0.4 is 4.74 Å². The number of fused-ring (bicyclic) bond motifs is 2. The highest BCUT2D eigenvalue weighted by Gasteiger charge is 2.26. The van der Waals surface area contributed by atoms with Crippen molar-refractivity contribution in [2.75, 3.05) is 33.8 Å². The topological polar surface area (TPSA) is 70.8 Å². The highest BCUT2D eigenvalue weighted by molar-refractivity contribution is 5.94. The van der Waals surface area contributed by atoms with Crippen molar-refractivity contribution in [1.29, 1.82) is 0 Å². The minimum absolute atomic E-state index is 0.0301. The molecule has 138 valence electrons. The monoisotopic (exact) mass is 356 g/mol. The Labute approximate surface area is 152 Å². The largest absolute Gasteiger partial charge is 0.493 e. The van der Waals surface area contributed by atoms with Gasteiger partial charge in [0.25, 0.3) is 5.91 Å². The van der Waals surface area contributed by atoms with Gasteiger partial charge in [0.1, 0.15) is 11.9 Å². The van der Waals surface area contributed by atoms with E-state index in [2.05, 4.69) is 5.10 Å². The second-order valence-electron chi connectivity index (χ2n) is 7.21. The number of hydrogen-bond acceptors (Lipinski definition) is 5. The first kappa shape index (κ1) is 17.1. The fraction of sp³-hybridized carbons (Fsp3) is 0.474. The van der Waals surface area contributed by atoms with Gasteiger partial charge >= 0.3 is 0 Å². The van der Waals surface area contributed by atoms with E-state index in [0.29, 0.717) is 44.0 Å². The average Bonchev–Trinajstić information content (AvgIpc) is 3.25. The number of aliphatic hydroxyl groups excluding tert-OH is 1. The molecule has 1 N–H and O–H groups in total. The standard InChI is InChI=1S/C19H24N4O3/c1-21(2)12-17(24)16-10-15-11-22(6-7-23(15)20-16)19(25)14-3-4-18-13(9-14)5-8-26-18/h3-4,9-10,17,24H,5-8,11-12H2,1-2H3/t17-/m0/s1. The molecule has 2 aromatic rings. The summed E-state index contributed by atoms with van der Waals surface area (Å²) in [5.41, 5.74) is 3.43. The zero-order valence-corrected chi connectivity index (χ0v) is 15.2. The van der Waals surface area contributed by atoms with Gasteiger partial charge < -0.3 is 19.6 Å². The van der Waals surface area contributed by atoms with Crippen LogP contribution in [-0.4, -0.2) is 64.4 Å². The second kappa shape index (κ2) is 6.74.